The Kier molecular flexibility index (Phi) is 3.55. The predicted molar refractivity (Wildman–Crippen MR) is 82.6 cm³/mol. The van der Waals surface area contributed by atoms with Crippen LogP contribution in [-0.4, -0.2) is 33.6 Å². The fourth-order valence-electron chi connectivity index (χ4n) is 2.93. The van der Waals surface area contributed by atoms with Gasteiger partial charge >= 0.3 is 6.09 Å². The summed E-state index contributed by atoms with van der Waals surface area (Å²) in [4.78, 5) is 28.4. The number of carboxylic acid groups (broad SMARTS) is 1. The van der Waals surface area contributed by atoms with E-state index in [1.165, 1.54) is 4.90 Å². The van der Waals surface area contributed by atoms with Crippen LogP contribution < -0.4 is 5.11 Å². The Morgan fingerprint density at radius 1 is 1.30 bits per heavy atom. The number of hydrogen-bond donors (Lipinski definition) is 1. The number of carboxylic acids is 1. The number of aliphatic carboxylic acids is 1. The maximum absolute atomic E-state index is 12.4. The molecule has 0 saturated heterocycles. The van der Waals surface area contributed by atoms with Crippen LogP contribution in [0.4, 0.5) is 4.79 Å². The average molecular weight is 315 g/mol. The summed E-state index contributed by atoms with van der Waals surface area (Å²) < 4.78 is 5.33. The molecule has 0 fully saturated rings. The number of aromatic nitrogens is 1. The third kappa shape index (κ3) is 2.88. The maximum Gasteiger partial charge on any atom is 0.411 e. The highest BCUT2D eigenvalue weighted by Crippen LogP contribution is 2.30. The lowest BCUT2D eigenvalue weighted by molar-refractivity contribution is -0.311. The second-order valence-electron chi connectivity index (χ2n) is 6.77. The van der Waals surface area contributed by atoms with Gasteiger partial charge in [0.2, 0.25) is 0 Å². The van der Waals surface area contributed by atoms with E-state index in [4.69, 9.17) is 4.74 Å². The zero-order valence-electron chi connectivity index (χ0n) is 13.4. The molecule has 3 rings (SSSR count). The Morgan fingerprint density at radius 2 is 2.00 bits per heavy atom. The first-order valence-corrected chi connectivity index (χ1v) is 7.55. The van der Waals surface area contributed by atoms with E-state index in [2.05, 4.69) is 4.98 Å². The molecule has 2 aromatic rings. The van der Waals surface area contributed by atoms with E-state index in [-0.39, 0.29) is 13.0 Å². The molecule has 23 heavy (non-hydrogen) atoms. The standard InChI is InChI=1S/C17H20N2O4/c1-17(2,3)23-16(22)19-9-13-11(8-14(19)15(20)21)10-6-4-5-7-12(10)18-13/h4-7,14,18H,8-9H2,1-3H3,(H,20,21)/p-1/t14-/m1/s1. The third-order valence-corrected chi connectivity index (χ3v) is 3.90. The van der Waals surface area contributed by atoms with Crippen molar-refractivity contribution >= 4 is 23.0 Å². The van der Waals surface area contributed by atoms with E-state index in [1.54, 1.807) is 20.8 Å². The molecule has 1 aromatic carbocycles. The van der Waals surface area contributed by atoms with Gasteiger partial charge in [-0.05, 0) is 32.4 Å². The number of aromatic amines is 1. The number of H-pyrrole nitrogens is 1. The first-order chi connectivity index (χ1) is 10.8. The van der Waals surface area contributed by atoms with E-state index >= 15 is 0 Å². The first-order valence-electron chi connectivity index (χ1n) is 7.55. The van der Waals surface area contributed by atoms with Gasteiger partial charge in [0, 0.05) is 23.0 Å². The van der Waals surface area contributed by atoms with Crippen LogP contribution in [0.1, 0.15) is 32.0 Å². The van der Waals surface area contributed by atoms with Crippen molar-refractivity contribution in [1.82, 2.24) is 9.88 Å². The second kappa shape index (κ2) is 5.30. The second-order valence-corrected chi connectivity index (χ2v) is 6.77. The van der Waals surface area contributed by atoms with E-state index in [9.17, 15) is 14.7 Å². The zero-order chi connectivity index (χ0) is 16.8. The molecule has 0 bridgehead atoms. The van der Waals surface area contributed by atoms with Crippen LogP contribution >= 0.6 is 0 Å². The van der Waals surface area contributed by atoms with Gasteiger partial charge in [-0.1, -0.05) is 18.2 Å². The van der Waals surface area contributed by atoms with Gasteiger partial charge in [0.25, 0.3) is 0 Å². The minimum atomic E-state index is -1.27. The van der Waals surface area contributed by atoms with Crippen LogP contribution in [0.3, 0.4) is 0 Å². The van der Waals surface area contributed by atoms with Crippen LogP contribution in [-0.2, 0) is 22.5 Å². The monoisotopic (exact) mass is 315 g/mol. The molecule has 1 aliphatic heterocycles. The number of para-hydroxylation sites is 1. The van der Waals surface area contributed by atoms with Crippen molar-refractivity contribution in [2.45, 2.75) is 45.4 Å². The maximum atomic E-state index is 12.4. The normalized spacial score (nSPS) is 17.9. The minimum Gasteiger partial charge on any atom is -0.548 e. The highest BCUT2D eigenvalue weighted by molar-refractivity contribution is 5.87. The molecule has 0 radical (unpaired) electrons. The van der Waals surface area contributed by atoms with Crippen molar-refractivity contribution in [2.24, 2.45) is 0 Å². The quantitative estimate of drug-likeness (QED) is 0.865. The molecular formula is C17H19N2O4-. The molecule has 1 aromatic heterocycles. The van der Waals surface area contributed by atoms with E-state index in [0.29, 0.717) is 0 Å². The molecule has 0 spiro atoms. The number of benzene rings is 1. The fraction of sp³-hybridized carbons (Fsp3) is 0.412. The van der Waals surface area contributed by atoms with Gasteiger partial charge < -0.3 is 19.6 Å². The van der Waals surface area contributed by atoms with Crippen LogP contribution in [0.15, 0.2) is 24.3 Å². The summed E-state index contributed by atoms with van der Waals surface area (Å²) in [5, 5.41) is 12.5. The van der Waals surface area contributed by atoms with Crippen molar-refractivity contribution in [1.29, 1.82) is 0 Å². The Morgan fingerprint density at radius 3 is 2.65 bits per heavy atom. The zero-order valence-corrected chi connectivity index (χ0v) is 13.4. The van der Waals surface area contributed by atoms with E-state index in [1.807, 2.05) is 24.3 Å². The Balaban J connectivity index is 1.98. The van der Waals surface area contributed by atoms with Crippen LogP contribution in [0.5, 0.6) is 0 Å². The Labute approximate surface area is 134 Å². The summed E-state index contributed by atoms with van der Waals surface area (Å²) in [7, 11) is 0. The van der Waals surface area contributed by atoms with Gasteiger partial charge in [-0.15, -0.1) is 0 Å². The summed E-state index contributed by atoms with van der Waals surface area (Å²) in [5.41, 5.74) is 2.01. The van der Waals surface area contributed by atoms with Gasteiger partial charge in [0.15, 0.2) is 0 Å². The molecule has 6 heteroatoms. The summed E-state index contributed by atoms with van der Waals surface area (Å²) in [5.74, 6) is -1.27. The average Bonchev–Trinajstić information content (AvgIpc) is 2.81. The van der Waals surface area contributed by atoms with Gasteiger partial charge in [0.1, 0.15) is 5.60 Å². The van der Waals surface area contributed by atoms with Crippen LogP contribution in [0, 0.1) is 0 Å². The number of rotatable bonds is 1. The summed E-state index contributed by atoms with van der Waals surface area (Å²) >= 11 is 0. The van der Waals surface area contributed by atoms with Crippen LogP contribution in [0.2, 0.25) is 0 Å². The third-order valence-electron chi connectivity index (χ3n) is 3.90. The van der Waals surface area contributed by atoms with Crippen molar-refractivity contribution in [3.8, 4) is 0 Å². The molecule has 1 amide bonds. The van der Waals surface area contributed by atoms with Gasteiger partial charge in [0.05, 0.1) is 18.6 Å². The topological polar surface area (TPSA) is 85.5 Å². The highest BCUT2D eigenvalue weighted by Gasteiger charge is 2.35. The smallest absolute Gasteiger partial charge is 0.411 e. The summed E-state index contributed by atoms with van der Waals surface area (Å²) in [6.45, 7) is 5.41. The molecule has 6 nitrogen and oxygen atoms in total. The lowest BCUT2D eigenvalue weighted by atomic mass is 9.97. The van der Waals surface area contributed by atoms with Gasteiger partial charge in [-0.3, -0.25) is 4.90 Å². The number of amides is 1. The number of ether oxygens (including phenoxy) is 1. The van der Waals surface area contributed by atoms with E-state index in [0.717, 1.165) is 22.2 Å². The lowest BCUT2D eigenvalue weighted by Crippen LogP contribution is -2.54. The largest absolute Gasteiger partial charge is 0.548 e. The molecule has 0 unspecified atom stereocenters. The number of fused-ring (bicyclic) bond motifs is 3. The van der Waals surface area contributed by atoms with Crippen molar-refractivity contribution in [3.05, 3.63) is 35.5 Å². The number of carbonyl (C=O) groups excluding carboxylic acids is 2. The number of nitrogens with zero attached hydrogens (tertiary/aromatic N) is 1. The SMILES string of the molecule is CC(C)(C)OC(=O)N1Cc2[nH]c3ccccc3c2C[C@@H]1C(=O)[O-]. The molecule has 0 saturated carbocycles. The Hall–Kier alpha value is -2.50. The van der Waals surface area contributed by atoms with Crippen molar-refractivity contribution in [3.63, 3.8) is 0 Å². The predicted octanol–water partition coefficient (Wildman–Crippen LogP) is 1.58. The lowest BCUT2D eigenvalue weighted by Gasteiger charge is -2.37. The number of carbonyl (C=O) groups is 2. The van der Waals surface area contributed by atoms with Crippen molar-refractivity contribution in [2.75, 3.05) is 0 Å². The summed E-state index contributed by atoms with van der Waals surface area (Å²) in [6, 6.07) is 6.66. The number of hydrogen-bond acceptors (Lipinski definition) is 4. The highest BCUT2D eigenvalue weighted by atomic mass is 16.6. The minimum absolute atomic E-state index is 0.164. The molecule has 1 aliphatic rings. The van der Waals surface area contributed by atoms with E-state index < -0.39 is 23.7 Å². The molecule has 1 N–H and O–H groups in total. The summed E-state index contributed by atoms with van der Waals surface area (Å²) in [6.07, 6.45) is -0.433. The molecule has 0 aliphatic carbocycles. The first kappa shape index (κ1) is 15.4. The molecule has 1 atom stereocenters. The van der Waals surface area contributed by atoms with Crippen LogP contribution in [0.25, 0.3) is 10.9 Å². The fourth-order valence-corrected chi connectivity index (χ4v) is 2.93. The molecule has 122 valence electrons. The Bertz CT molecular complexity index is 772. The molecule has 2 heterocycles. The van der Waals surface area contributed by atoms with Gasteiger partial charge in [-0.25, -0.2) is 4.79 Å². The molecular weight excluding hydrogens is 296 g/mol. The van der Waals surface area contributed by atoms with Crippen molar-refractivity contribution < 1.29 is 19.4 Å². The number of nitrogens with one attached hydrogen (secondary N) is 1. The van der Waals surface area contributed by atoms with Gasteiger partial charge in [-0.2, -0.15) is 0 Å².